The van der Waals surface area contributed by atoms with Crippen LogP contribution in [0.2, 0.25) is 0 Å². The van der Waals surface area contributed by atoms with Crippen molar-refractivity contribution in [1.29, 1.82) is 0 Å². The number of phosphoric acid groups is 3. The molecule has 59 heavy (non-hydrogen) atoms. The molecule has 3 unspecified atom stereocenters. The predicted octanol–water partition coefficient (Wildman–Crippen LogP) is -2.97. The van der Waals surface area contributed by atoms with Crippen LogP contribution in [0, 0.1) is 5.41 Å². The van der Waals surface area contributed by atoms with Gasteiger partial charge in [-0.15, -0.1) is 0 Å². The number of Topliss-reactive ketones (excluding diaryl/α,β-unsaturated/α-hetero) is 1. The maximum absolute atomic E-state index is 12.6. The number of ketones is 1. The molecule has 0 spiro atoms. The Balaban J connectivity index is 0.000000951. The number of hydrogen-bond acceptors (Lipinski definition) is 20. The molecule has 0 radical (unpaired) electrons. The summed E-state index contributed by atoms with van der Waals surface area (Å²) in [4.78, 5) is 106. The van der Waals surface area contributed by atoms with Gasteiger partial charge in [-0.05, 0) is 0 Å². The highest BCUT2D eigenvalue weighted by molar-refractivity contribution is 7.80. The van der Waals surface area contributed by atoms with Gasteiger partial charge in [-0.25, -0.2) is 28.6 Å². The highest BCUT2D eigenvalue weighted by Gasteiger charge is 2.50. The Hall–Kier alpha value is -3.50. The molecule has 1 aliphatic rings. The molecule has 3 heterocycles. The number of hydrogen-bond donors (Lipinski definition) is 12. The number of amides is 4. The molecule has 2 aromatic heterocycles. The summed E-state index contributed by atoms with van der Waals surface area (Å²) in [7, 11) is -16.3. The van der Waals surface area contributed by atoms with E-state index >= 15 is 0 Å². The van der Waals surface area contributed by atoms with E-state index in [1.165, 1.54) is 13.8 Å². The Morgan fingerprint density at radius 2 is 1.61 bits per heavy atom. The lowest BCUT2D eigenvalue weighted by Gasteiger charge is -2.30. The summed E-state index contributed by atoms with van der Waals surface area (Å²) in [6.07, 6.45) is -7.08. The van der Waals surface area contributed by atoms with Crippen molar-refractivity contribution in [1.82, 2.24) is 30.2 Å². The quantitative estimate of drug-likeness (QED) is 0.0301. The third-order valence-corrected chi connectivity index (χ3v) is 10.9. The van der Waals surface area contributed by atoms with Crippen LogP contribution in [0.4, 0.5) is 5.82 Å². The van der Waals surface area contributed by atoms with E-state index in [9.17, 15) is 67.5 Å². The minimum absolute atomic E-state index is 0.00171. The monoisotopic (exact) mass is 925 g/mol. The number of nitrogen functional groups attached to an aromatic ring is 1. The first-order chi connectivity index (χ1) is 27.2. The largest absolute Gasteiger partial charge is 0.481 e. The minimum atomic E-state index is -5.54. The van der Waals surface area contributed by atoms with E-state index in [1.807, 2.05) is 0 Å². The fourth-order valence-electron chi connectivity index (χ4n) is 4.68. The smallest absolute Gasteiger partial charge is 0.386 e. The number of ether oxygens (including phenoxy) is 1. The predicted molar refractivity (Wildman–Crippen MR) is 201 cm³/mol. The van der Waals surface area contributed by atoms with Gasteiger partial charge < -0.3 is 62.4 Å². The van der Waals surface area contributed by atoms with Crippen molar-refractivity contribution in [3.63, 3.8) is 0 Å². The first-order valence-corrected chi connectivity index (χ1v) is 21.9. The Kier molecular flexibility index (Phi) is 19.6. The van der Waals surface area contributed by atoms with Gasteiger partial charge in [-0.2, -0.15) is 16.9 Å². The standard InChI is InChI=1S/C21H36N7O16P3S.C6H10N2O3/c1-21(2,16(31)19(32)24-4-3-12(29)23-5-6-48)8-41-47(38,39)44-46(36,37)40-7-11-15(43-45(33,34)35)14(30)20(42-11)28-10-27-13-17(22)25-9-26-18(13)28;7-5(10)2-1-4(9)3-6(8)11/h9-11,14-16,20,30-31,48H,3-8H2,1-2H3,(H,23,29)(H,24,32)(H,36,37)(H,38,39)(H2,22,25,26)(H2,33,34,35);1-3H2,(H2,7,10)(H2,8,11)/t11-,14-,15-,16?,20-;/m1./s1. The molecule has 334 valence electrons. The zero-order chi connectivity index (χ0) is 44.9. The van der Waals surface area contributed by atoms with E-state index in [-0.39, 0.29) is 60.9 Å². The van der Waals surface area contributed by atoms with Gasteiger partial charge in [0, 0.05) is 43.5 Å². The third kappa shape index (κ3) is 17.6. The fraction of sp³-hybridized carbons (Fsp3) is 0.630. The second-order valence-corrected chi connectivity index (χ2v) is 17.6. The Morgan fingerprint density at radius 3 is 2.20 bits per heavy atom. The highest BCUT2D eigenvalue weighted by Crippen LogP contribution is 2.61. The molecule has 14 N–H and O–H groups in total. The van der Waals surface area contributed by atoms with Crippen LogP contribution in [-0.2, 0) is 60.3 Å². The Labute approximate surface area is 339 Å². The van der Waals surface area contributed by atoms with E-state index < -0.39 is 90.5 Å². The number of carbonyl (C=O) groups is 5. The van der Waals surface area contributed by atoms with Gasteiger partial charge in [0.2, 0.25) is 23.6 Å². The van der Waals surface area contributed by atoms with Crippen LogP contribution in [-0.4, -0.2) is 135 Å². The topological polar surface area (TPSA) is 450 Å². The maximum atomic E-state index is 12.6. The second-order valence-electron chi connectivity index (χ2n) is 12.9. The zero-order valence-electron chi connectivity index (χ0n) is 31.2. The summed E-state index contributed by atoms with van der Waals surface area (Å²) in [5.41, 5.74) is 13.8. The van der Waals surface area contributed by atoms with E-state index in [0.717, 1.165) is 17.2 Å². The number of fused-ring (bicyclic) bond motifs is 1. The van der Waals surface area contributed by atoms with Crippen molar-refractivity contribution < 1.29 is 90.1 Å². The van der Waals surface area contributed by atoms with Crippen LogP contribution in [0.3, 0.4) is 0 Å². The summed E-state index contributed by atoms with van der Waals surface area (Å²) >= 11 is 3.95. The summed E-state index contributed by atoms with van der Waals surface area (Å²) in [6, 6.07) is 0. The molecule has 0 bridgehead atoms. The van der Waals surface area contributed by atoms with Gasteiger partial charge in [0.05, 0.1) is 26.0 Å². The fourth-order valence-corrected chi connectivity index (χ4v) is 7.62. The number of carbonyl (C=O) groups excluding carboxylic acids is 5. The van der Waals surface area contributed by atoms with Gasteiger partial charge >= 0.3 is 23.5 Å². The molecular formula is C27H46N9O19P3S. The first-order valence-electron chi connectivity index (χ1n) is 16.8. The zero-order valence-corrected chi connectivity index (χ0v) is 34.8. The molecule has 7 atom stereocenters. The lowest BCUT2D eigenvalue weighted by molar-refractivity contribution is -0.137. The molecule has 1 aliphatic heterocycles. The highest BCUT2D eigenvalue weighted by atomic mass is 32.1. The lowest BCUT2D eigenvalue weighted by atomic mass is 9.87. The average Bonchev–Trinajstić information content (AvgIpc) is 3.67. The number of nitrogens with two attached hydrogens (primary N) is 3. The number of anilines is 1. The number of aliphatic hydroxyl groups is 2. The molecule has 0 saturated carbocycles. The molecule has 2 aromatic rings. The van der Waals surface area contributed by atoms with Crippen molar-refractivity contribution in [2.75, 3.05) is 37.8 Å². The van der Waals surface area contributed by atoms with Crippen LogP contribution in [0.5, 0.6) is 0 Å². The lowest BCUT2D eigenvalue weighted by Crippen LogP contribution is -2.46. The molecule has 1 fully saturated rings. The third-order valence-electron chi connectivity index (χ3n) is 7.53. The Bertz CT molecular complexity index is 1950. The summed E-state index contributed by atoms with van der Waals surface area (Å²) in [5, 5.41) is 26.1. The number of primary amides is 2. The SMILES string of the molecule is CC(C)(COP(=O)(O)OP(=O)(O)OC[C@H]1O[C@@H](n2cnc3c(N)ncnc32)[C@H](O)[C@@H]1OP(=O)(O)O)C(O)C(=O)NCCC(=O)NCCS.NC(=O)CCC(=O)CC(N)=O. The van der Waals surface area contributed by atoms with Crippen molar-refractivity contribution in [2.45, 2.75) is 70.2 Å². The molecule has 0 aromatic carbocycles. The molecule has 1 saturated heterocycles. The molecule has 3 rings (SSSR count). The number of imidazole rings is 1. The summed E-state index contributed by atoms with van der Waals surface area (Å²) in [5.74, 6) is -2.53. The molecule has 4 amide bonds. The van der Waals surface area contributed by atoms with Crippen molar-refractivity contribution >= 4 is 82.5 Å². The summed E-state index contributed by atoms with van der Waals surface area (Å²) < 4.78 is 61.7. The number of aromatic nitrogens is 4. The Morgan fingerprint density at radius 1 is 0.966 bits per heavy atom. The maximum Gasteiger partial charge on any atom is 0.481 e. The van der Waals surface area contributed by atoms with E-state index in [0.29, 0.717) is 12.3 Å². The van der Waals surface area contributed by atoms with E-state index in [4.69, 9.17) is 31.0 Å². The van der Waals surface area contributed by atoms with Crippen LogP contribution in [0.15, 0.2) is 12.7 Å². The minimum Gasteiger partial charge on any atom is -0.386 e. The number of nitrogens with one attached hydrogen (secondary N) is 2. The first kappa shape index (κ1) is 51.6. The van der Waals surface area contributed by atoms with Crippen molar-refractivity contribution in [3.8, 4) is 0 Å². The molecule has 32 heteroatoms. The van der Waals surface area contributed by atoms with Crippen LogP contribution in [0.25, 0.3) is 11.2 Å². The van der Waals surface area contributed by atoms with Gasteiger partial charge in [0.1, 0.15) is 42.0 Å². The molecular weight excluding hydrogens is 879 g/mol. The van der Waals surface area contributed by atoms with Crippen molar-refractivity contribution in [3.05, 3.63) is 12.7 Å². The second kappa shape index (κ2) is 22.4. The normalized spacial score (nSPS) is 20.7. The number of aliphatic hydroxyl groups excluding tert-OH is 2. The average molecular weight is 926 g/mol. The number of phosphoric ester groups is 3. The van der Waals surface area contributed by atoms with Crippen molar-refractivity contribution in [2.24, 2.45) is 16.9 Å². The van der Waals surface area contributed by atoms with E-state index in [2.05, 4.69) is 47.0 Å². The van der Waals surface area contributed by atoms with Gasteiger partial charge in [-0.3, -0.25) is 42.1 Å². The summed E-state index contributed by atoms with van der Waals surface area (Å²) in [6.45, 7) is 0.723. The van der Waals surface area contributed by atoms with Gasteiger partial charge in [0.15, 0.2) is 17.7 Å². The van der Waals surface area contributed by atoms with Gasteiger partial charge in [-0.1, -0.05) is 13.8 Å². The van der Waals surface area contributed by atoms with Crippen LogP contribution < -0.4 is 27.8 Å². The van der Waals surface area contributed by atoms with Crippen LogP contribution >= 0.6 is 36.1 Å². The number of rotatable bonds is 23. The van der Waals surface area contributed by atoms with Gasteiger partial charge in [0.25, 0.3) is 0 Å². The van der Waals surface area contributed by atoms with E-state index in [1.54, 1.807) is 0 Å². The number of nitrogens with zero attached hydrogens (tertiary/aromatic N) is 4. The molecule has 28 nitrogen and oxygen atoms in total. The molecule has 0 aliphatic carbocycles. The number of thiol groups is 1. The van der Waals surface area contributed by atoms with Crippen LogP contribution in [0.1, 0.15) is 45.8 Å².